The van der Waals surface area contributed by atoms with E-state index < -0.39 is 11.9 Å². The molecule has 26 heavy (non-hydrogen) atoms. The molecule has 2 amide bonds. The van der Waals surface area contributed by atoms with E-state index in [1.807, 2.05) is 6.92 Å². The fourth-order valence-corrected chi connectivity index (χ4v) is 2.34. The van der Waals surface area contributed by atoms with Crippen LogP contribution in [0.2, 0.25) is 0 Å². The molecule has 0 aliphatic rings. The van der Waals surface area contributed by atoms with Crippen molar-refractivity contribution in [2.24, 2.45) is 0 Å². The van der Waals surface area contributed by atoms with Gasteiger partial charge in [-0.25, -0.2) is 0 Å². The number of rotatable bonds is 7. The highest BCUT2D eigenvalue weighted by molar-refractivity contribution is 6.06. The second-order valence-electron chi connectivity index (χ2n) is 5.97. The van der Waals surface area contributed by atoms with Gasteiger partial charge in [-0.3, -0.25) is 14.4 Å². The molecule has 0 aliphatic heterocycles. The van der Waals surface area contributed by atoms with Gasteiger partial charge in [-0.05, 0) is 49.2 Å². The Hall–Kier alpha value is -3.15. The number of carboxylic acids is 1. The minimum atomic E-state index is -0.903. The van der Waals surface area contributed by atoms with Crippen molar-refractivity contribution < 1.29 is 19.5 Å². The first kappa shape index (κ1) is 19.2. The molecule has 0 saturated carbocycles. The van der Waals surface area contributed by atoms with Crippen LogP contribution in [0, 0.1) is 0 Å². The van der Waals surface area contributed by atoms with E-state index in [-0.39, 0.29) is 11.8 Å². The van der Waals surface area contributed by atoms with Crippen LogP contribution in [0.3, 0.4) is 0 Å². The standard InChI is InChI=1S/C20H22N2O4/c1-3-11-21-18(23)15-5-4-6-16(12-15)19(24)22-17-9-7-14(8-10-17)13(2)20(25)26/h4-10,12-13H,3,11H2,1-2H3,(H,21,23)(H,22,24)(H,25,26). The van der Waals surface area contributed by atoms with Crippen LogP contribution in [-0.2, 0) is 4.79 Å². The van der Waals surface area contributed by atoms with Crippen LogP contribution in [-0.4, -0.2) is 29.4 Å². The molecule has 0 heterocycles. The molecular formula is C20H22N2O4. The van der Waals surface area contributed by atoms with Crippen LogP contribution in [0.4, 0.5) is 5.69 Å². The van der Waals surface area contributed by atoms with Gasteiger partial charge in [0.25, 0.3) is 11.8 Å². The zero-order valence-corrected chi connectivity index (χ0v) is 14.8. The number of benzene rings is 2. The van der Waals surface area contributed by atoms with Crippen molar-refractivity contribution in [1.82, 2.24) is 5.32 Å². The highest BCUT2D eigenvalue weighted by atomic mass is 16.4. The van der Waals surface area contributed by atoms with E-state index in [4.69, 9.17) is 5.11 Å². The molecule has 6 heteroatoms. The maximum absolute atomic E-state index is 12.4. The van der Waals surface area contributed by atoms with Crippen LogP contribution >= 0.6 is 0 Å². The molecule has 0 fully saturated rings. The van der Waals surface area contributed by atoms with Gasteiger partial charge in [0, 0.05) is 23.4 Å². The first-order valence-corrected chi connectivity index (χ1v) is 8.44. The van der Waals surface area contributed by atoms with E-state index in [0.29, 0.717) is 28.9 Å². The molecule has 2 aromatic rings. The third kappa shape index (κ3) is 4.92. The molecule has 2 rings (SSSR count). The van der Waals surface area contributed by atoms with Gasteiger partial charge < -0.3 is 15.7 Å². The lowest BCUT2D eigenvalue weighted by Crippen LogP contribution is -2.24. The number of carbonyl (C=O) groups is 3. The van der Waals surface area contributed by atoms with Gasteiger partial charge in [-0.1, -0.05) is 25.1 Å². The summed E-state index contributed by atoms with van der Waals surface area (Å²) in [7, 11) is 0. The summed E-state index contributed by atoms with van der Waals surface area (Å²) in [6.45, 7) is 4.15. The van der Waals surface area contributed by atoms with Gasteiger partial charge in [0.05, 0.1) is 5.92 Å². The van der Waals surface area contributed by atoms with Gasteiger partial charge in [-0.2, -0.15) is 0 Å². The molecule has 0 aliphatic carbocycles. The van der Waals surface area contributed by atoms with Gasteiger partial charge in [-0.15, -0.1) is 0 Å². The third-order valence-corrected chi connectivity index (χ3v) is 3.96. The van der Waals surface area contributed by atoms with Gasteiger partial charge in [0.2, 0.25) is 0 Å². The monoisotopic (exact) mass is 354 g/mol. The summed E-state index contributed by atoms with van der Waals surface area (Å²) < 4.78 is 0. The molecule has 0 aromatic heterocycles. The normalized spacial score (nSPS) is 11.5. The SMILES string of the molecule is CCCNC(=O)c1cccc(C(=O)Nc2ccc(C(C)C(=O)O)cc2)c1. The summed E-state index contributed by atoms with van der Waals surface area (Å²) in [5, 5.41) is 14.5. The van der Waals surface area contributed by atoms with Crippen molar-refractivity contribution in [1.29, 1.82) is 0 Å². The molecule has 0 bridgehead atoms. The topological polar surface area (TPSA) is 95.5 Å². The van der Waals surface area contributed by atoms with Crippen molar-refractivity contribution in [2.75, 3.05) is 11.9 Å². The molecule has 2 aromatic carbocycles. The van der Waals surface area contributed by atoms with Crippen LogP contribution in [0.25, 0.3) is 0 Å². The van der Waals surface area contributed by atoms with Crippen LogP contribution in [0.15, 0.2) is 48.5 Å². The van der Waals surface area contributed by atoms with E-state index in [9.17, 15) is 14.4 Å². The Balaban J connectivity index is 2.08. The number of nitrogens with one attached hydrogen (secondary N) is 2. The predicted octanol–water partition coefficient (Wildman–Crippen LogP) is 3.27. The highest BCUT2D eigenvalue weighted by Crippen LogP contribution is 2.19. The lowest BCUT2D eigenvalue weighted by Gasteiger charge is -2.10. The molecule has 136 valence electrons. The first-order chi connectivity index (χ1) is 12.4. The minimum absolute atomic E-state index is 0.214. The van der Waals surface area contributed by atoms with Crippen molar-refractivity contribution in [2.45, 2.75) is 26.2 Å². The Morgan fingerprint density at radius 3 is 2.19 bits per heavy atom. The third-order valence-electron chi connectivity index (χ3n) is 3.96. The van der Waals surface area contributed by atoms with E-state index in [2.05, 4.69) is 10.6 Å². The number of hydrogen-bond donors (Lipinski definition) is 3. The smallest absolute Gasteiger partial charge is 0.310 e. The van der Waals surface area contributed by atoms with Crippen LogP contribution in [0.5, 0.6) is 0 Å². The fourth-order valence-electron chi connectivity index (χ4n) is 2.34. The van der Waals surface area contributed by atoms with Crippen molar-refractivity contribution >= 4 is 23.5 Å². The van der Waals surface area contributed by atoms with Crippen LogP contribution in [0.1, 0.15) is 52.5 Å². The quantitative estimate of drug-likeness (QED) is 0.711. The summed E-state index contributed by atoms with van der Waals surface area (Å²) in [5.41, 5.74) is 2.01. The molecule has 6 nitrogen and oxygen atoms in total. The summed E-state index contributed by atoms with van der Waals surface area (Å²) >= 11 is 0. The molecule has 0 radical (unpaired) electrons. The molecule has 3 N–H and O–H groups in total. The maximum atomic E-state index is 12.4. The average Bonchev–Trinajstić information content (AvgIpc) is 2.66. The molecule has 0 saturated heterocycles. The van der Waals surface area contributed by atoms with E-state index in [1.54, 1.807) is 55.5 Å². The summed E-state index contributed by atoms with van der Waals surface area (Å²) in [5.74, 6) is -2.07. The van der Waals surface area contributed by atoms with Gasteiger partial charge in [0.1, 0.15) is 0 Å². The Labute approximate surface area is 152 Å². The zero-order chi connectivity index (χ0) is 19.1. The second kappa shape index (κ2) is 8.80. The van der Waals surface area contributed by atoms with Gasteiger partial charge in [0.15, 0.2) is 0 Å². The molecule has 1 unspecified atom stereocenters. The Morgan fingerprint density at radius 1 is 1.00 bits per heavy atom. The zero-order valence-electron chi connectivity index (χ0n) is 14.8. The number of carbonyl (C=O) groups excluding carboxylic acids is 2. The Kier molecular flexibility index (Phi) is 6.49. The minimum Gasteiger partial charge on any atom is -0.481 e. The molecule has 0 spiro atoms. The lowest BCUT2D eigenvalue weighted by atomic mass is 10.0. The van der Waals surface area contributed by atoms with Crippen molar-refractivity contribution in [3.63, 3.8) is 0 Å². The van der Waals surface area contributed by atoms with E-state index >= 15 is 0 Å². The van der Waals surface area contributed by atoms with Crippen LogP contribution < -0.4 is 10.6 Å². The fraction of sp³-hybridized carbons (Fsp3) is 0.250. The number of carboxylic acid groups (broad SMARTS) is 1. The van der Waals surface area contributed by atoms with Crippen molar-refractivity contribution in [3.8, 4) is 0 Å². The maximum Gasteiger partial charge on any atom is 0.310 e. The Morgan fingerprint density at radius 2 is 1.62 bits per heavy atom. The van der Waals surface area contributed by atoms with Crippen molar-refractivity contribution in [3.05, 3.63) is 65.2 Å². The summed E-state index contributed by atoms with van der Waals surface area (Å²) in [6, 6.07) is 13.1. The summed E-state index contributed by atoms with van der Waals surface area (Å²) in [4.78, 5) is 35.4. The summed E-state index contributed by atoms with van der Waals surface area (Å²) in [6.07, 6.45) is 0.836. The molecular weight excluding hydrogens is 332 g/mol. The number of aliphatic carboxylic acids is 1. The highest BCUT2D eigenvalue weighted by Gasteiger charge is 2.14. The number of amides is 2. The lowest BCUT2D eigenvalue weighted by molar-refractivity contribution is -0.138. The second-order valence-corrected chi connectivity index (χ2v) is 5.97. The van der Waals surface area contributed by atoms with E-state index in [1.165, 1.54) is 0 Å². The number of anilines is 1. The predicted molar refractivity (Wildman–Crippen MR) is 99.5 cm³/mol. The average molecular weight is 354 g/mol. The largest absolute Gasteiger partial charge is 0.481 e. The van der Waals surface area contributed by atoms with E-state index in [0.717, 1.165) is 6.42 Å². The molecule has 1 atom stereocenters. The van der Waals surface area contributed by atoms with Gasteiger partial charge >= 0.3 is 5.97 Å². The number of hydrogen-bond acceptors (Lipinski definition) is 3. The first-order valence-electron chi connectivity index (χ1n) is 8.44. The Bertz CT molecular complexity index is 800.